The number of carbonyl (C=O) groups excluding carboxylic acids is 1. The number of nitrogens with zero attached hydrogens (tertiary/aromatic N) is 3. The molecule has 1 aliphatic heterocycles. The largest absolute Gasteiger partial charge is 0.379 e. The molecule has 1 saturated heterocycles. The van der Waals surface area contributed by atoms with E-state index in [1.807, 2.05) is 35.9 Å². The smallest absolute Gasteiger partial charge is 0.244 e. The predicted molar refractivity (Wildman–Crippen MR) is 118 cm³/mol. The van der Waals surface area contributed by atoms with Crippen LogP contribution in [0, 0.1) is 0 Å². The lowest BCUT2D eigenvalue weighted by molar-refractivity contribution is -0.116. The van der Waals surface area contributed by atoms with Crippen molar-refractivity contribution < 1.29 is 17.9 Å². The quantitative estimate of drug-likeness (QED) is 0.591. The average Bonchev–Trinajstić information content (AvgIpc) is 3.13. The van der Waals surface area contributed by atoms with Gasteiger partial charge < -0.3 is 14.6 Å². The van der Waals surface area contributed by atoms with Gasteiger partial charge in [-0.25, -0.2) is 13.4 Å². The van der Waals surface area contributed by atoms with Crippen molar-refractivity contribution in [2.45, 2.75) is 11.4 Å². The molecule has 1 aromatic heterocycles. The minimum atomic E-state index is -3.52. The summed E-state index contributed by atoms with van der Waals surface area (Å²) in [7, 11) is -1.61. The lowest BCUT2D eigenvalue weighted by Gasteiger charge is -2.26. The van der Waals surface area contributed by atoms with E-state index in [9.17, 15) is 13.2 Å². The first-order valence-corrected chi connectivity index (χ1v) is 11.4. The van der Waals surface area contributed by atoms with Gasteiger partial charge in [0.1, 0.15) is 5.82 Å². The van der Waals surface area contributed by atoms with Gasteiger partial charge in [0.2, 0.25) is 15.9 Å². The SMILES string of the molecule is Cn1c(CNC(=O)/C=C/c2ccc(S(=O)(=O)N3CCOCC3)cc2)nc2ccccc21. The van der Waals surface area contributed by atoms with E-state index in [1.54, 1.807) is 30.3 Å². The van der Waals surface area contributed by atoms with Crippen molar-refractivity contribution in [3.63, 3.8) is 0 Å². The number of fused-ring (bicyclic) bond motifs is 1. The van der Waals surface area contributed by atoms with Crippen LogP contribution in [0.5, 0.6) is 0 Å². The Balaban J connectivity index is 1.36. The fourth-order valence-corrected chi connectivity index (χ4v) is 4.85. The summed E-state index contributed by atoms with van der Waals surface area (Å²) < 4.78 is 33.9. The van der Waals surface area contributed by atoms with Gasteiger partial charge in [0, 0.05) is 26.2 Å². The van der Waals surface area contributed by atoms with Gasteiger partial charge in [-0.3, -0.25) is 4.79 Å². The first kappa shape index (κ1) is 21.2. The number of ether oxygens (including phenoxy) is 1. The number of benzene rings is 2. The van der Waals surface area contributed by atoms with Crippen LogP contribution in [0.25, 0.3) is 17.1 Å². The van der Waals surface area contributed by atoms with E-state index in [1.165, 1.54) is 10.4 Å². The molecule has 1 amide bonds. The molecule has 1 N–H and O–H groups in total. The minimum absolute atomic E-state index is 0.234. The van der Waals surface area contributed by atoms with E-state index >= 15 is 0 Å². The Morgan fingerprint density at radius 2 is 1.84 bits per heavy atom. The third kappa shape index (κ3) is 4.68. The number of hydrogen-bond donors (Lipinski definition) is 1. The number of morpholine rings is 1. The van der Waals surface area contributed by atoms with Crippen LogP contribution in [0.15, 0.2) is 59.5 Å². The zero-order valence-electron chi connectivity index (χ0n) is 17.2. The van der Waals surface area contributed by atoms with Gasteiger partial charge in [-0.15, -0.1) is 0 Å². The van der Waals surface area contributed by atoms with Crippen LogP contribution >= 0.6 is 0 Å². The summed E-state index contributed by atoms with van der Waals surface area (Å²) in [5.74, 6) is 0.512. The second-order valence-electron chi connectivity index (χ2n) is 7.21. The Morgan fingerprint density at radius 1 is 1.13 bits per heavy atom. The molecule has 162 valence electrons. The first-order chi connectivity index (χ1) is 14.9. The summed E-state index contributed by atoms with van der Waals surface area (Å²) in [6, 6.07) is 14.3. The number of aryl methyl sites for hydroxylation is 1. The van der Waals surface area contributed by atoms with Crippen LogP contribution in [-0.4, -0.2) is 54.5 Å². The highest BCUT2D eigenvalue weighted by molar-refractivity contribution is 7.89. The maximum atomic E-state index is 12.7. The maximum Gasteiger partial charge on any atom is 0.244 e. The number of carbonyl (C=O) groups is 1. The molecule has 0 bridgehead atoms. The van der Waals surface area contributed by atoms with Crippen LogP contribution in [-0.2, 0) is 33.1 Å². The van der Waals surface area contributed by atoms with Crippen molar-refractivity contribution in [1.29, 1.82) is 0 Å². The summed E-state index contributed by atoms with van der Waals surface area (Å²) in [6.45, 7) is 1.84. The number of sulfonamides is 1. The Bertz CT molecular complexity index is 1210. The highest BCUT2D eigenvalue weighted by atomic mass is 32.2. The fourth-order valence-electron chi connectivity index (χ4n) is 3.44. The van der Waals surface area contributed by atoms with Gasteiger partial charge in [0.25, 0.3) is 0 Å². The molecule has 2 aromatic carbocycles. The van der Waals surface area contributed by atoms with Gasteiger partial charge in [-0.2, -0.15) is 4.31 Å². The van der Waals surface area contributed by atoms with E-state index in [-0.39, 0.29) is 10.8 Å². The lowest BCUT2D eigenvalue weighted by Crippen LogP contribution is -2.40. The molecule has 3 aromatic rings. The number of hydrogen-bond acceptors (Lipinski definition) is 5. The number of imidazole rings is 1. The molecule has 1 aliphatic rings. The summed E-state index contributed by atoms with van der Waals surface area (Å²) in [4.78, 5) is 17.0. The predicted octanol–water partition coefficient (Wildman–Crippen LogP) is 1.92. The third-order valence-corrected chi connectivity index (χ3v) is 7.13. The molecular formula is C22H24N4O4S. The van der Waals surface area contributed by atoms with Crippen molar-refractivity contribution in [2.75, 3.05) is 26.3 Å². The normalized spacial score (nSPS) is 15.5. The second-order valence-corrected chi connectivity index (χ2v) is 9.15. The van der Waals surface area contributed by atoms with Gasteiger partial charge >= 0.3 is 0 Å². The molecule has 1 fully saturated rings. The molecule has 0 atom stereocenters. The zero-order chi connectivity index (χ0) is 21.8. The second kappa shape index (κ2) is 9.01. The molecule has 31 heavy (non-hydrogen) atoms. The molecular weight excluding hydrogens is 416 g/mol. The highest BCUT2D eigenvalue weighted by Crippen LogP contribution is 2.18. The molecule has 4 rings (SSSR count). The van der Waals surface area contributed by atoms with Crippen LogP contribution in [0.3, 0.4) is 0 Å². The Labute approximate surface area is 181 Å². The van der Waals surface area contributed by atoms with Crippen molar-refractivity contribution in [1.82, 2.24) is 19.2 Å². The Hall–Kier alpha value is -3.01. The number of rotatable bonds is 6. The molecule has 0 spiro atoms. The topological polar surface area (TPSA) is 93.5 Å². The van der Waals surface area contributed by atoms with E-state index in [4.69, 9.17) is 4.74 Å². The number of amides is 1. The standard InChI is InChI=1S/C22H24N4O4S/c1-25-20-5-3-2-4-19(20)24-21(25)16-23-22(27)11-8-17-6-9-18(10-7-17)31(28,29)26-12-14-30-15-13-26/h2-11H,12-16H2,1H3,(H,23,27)/b11-8+. The zero-order valence-corrected chi connectivity index (χ0v) is 18.0. The molecule has 0 unspecified atom stereocenters. The molecule has 8 nitrogen and oxygen atoms in total. The van der Waals surface area contributed by atoms with E-state index < -0.39 is 10.0 Å². The highest BCUT2D eigenvalue weighted by Gasteiger charge is 2.25. The van der Waals surface area contributed by atoms with Crippen molar-refractivity contribution in [3.8, 4) is 0 Å². The van der Waals surface area contributed by atoms with Crippen molar-refractivity contribution >= 4 is 33.0 Å². The average molecular weight is 441 g/mol. The first-order valence-electron chi connectivity index (χ1n) is 9.99. The van der Waals surface area contributed by atoms with Crippen LogP contribution in [0.2, 0.25) is 0 Å². The monoisotopic (exact) mass is 440 g/mol. The Kier molecular flexibility index (Phi) is 6.17. The third-order valence-electron chi connectivity index (χ3n) is 5.22. The van der Waals surface area contributed by atoms with Crippen LogP contribution < -0.4 is 5.32 Å². The molecule has 2 heterocycles. The number of para-hydroxylation sites is 2. The minimum Gasteiger partial charge on any atom is -0.379 e. The van der Waals surface area contributed by atoms with Gasteiger partial charge in [-0.05, 0) is 35.9 Å². The summed E-state index contributed by atoms with van der Waals surface area (Å²) in [5.41, 5.74) is 2.63. The van der Waals surface area contributed by atoms with Crippen molar-refractivity contribution in [2.24, 2.45) is 7.05 Å². The maximum absolute atomic E-state index is 12.7. The molecule has 0 saturated carbocycles. The molecule has 0 radical (unpaired) electrons. The summed E-state index contributed by atoms with van der Waals surface area (Å²) in [5, 5.41) is 2.83. The Morgan fingerprint density at radius 3 is 2.55 bits per heavy atom. The van der Waals surface area contributed by atoms with Crippen LogP contribution in [0.4, 0.5) is 0 Å². The molecule has 9 heteroatoms. The summed E-state index contributed by atoms with van der Waals surface area (Å²) in [6.07, 6.45) is 3.07. The van der Waals surface area contributed by atoms with Gasteiger partial charge in [0.15, 0.2) is 0 Å². The number of aromatic nitrogens is 2. The fraction of sp³-hybridized carbons (Fsp3) is 0.273. The van der Waals surface area contributed by atoms with Crippen molar-refractivity contribution in [3.05, 3.63) is 66.0 Å². The van der Waals surface area contributed by atoms with E-state index in [0.717, 1.165) is 22.4 Å². The van der Waals surface area contributed by atoms with E-state index in [0.29, 0.717) is 32.8 Å². The summed E-state index contributed by atoms with van der Waals surface area (Å²) >= 11 is 0. The molecule has 0 aliphatic carbocycles. The van der Waals surface area contributed by atoms with Gasteiger partial charge in [0.05, 0.1) is 35.7 Å². The van der Waals surface area contributed by atoms with E-state index in [2.05, 4.69) is 10.3 Å². The lowest BCUT2D eigenvalue weighted by atomic mass is 10.2. The van der Waals surface area contributed by atoms with Gasteiger partial charge in [-0.1, -0.05) is 24.3 Å². The van der Waals surface area contributed by atoms with Crippen LogP contribution in [0.1, 0.15) is 11.4 Å². The number of nitrogens with one attached hydrogen (secondary N) is 1.